The lowest BCUT2D eigenvalue weighted by Gasteiger charge is -2.31. The predicted molar refractivity (Wildman–Crippen MR) is 119 cm³/mol. The number of nitrogens with zero attached hydrogens (tertiary/aromatic N) is 4. The first-order chi connectivity index (χ1) is 13.6. The molecule has 0 aliphatic carbocycles. The van der Waals surface area contributed by atoms with Crippen LogP contribution in [0.2, 0.25) is 0 Å². The normalized spacial score (nSPS) is 25.0. The summed E-state index contributed by atoms with van der Waals surface area (Å²) in [7, 11) is 0. The van der Waals surface area contributed by atoms with Gasteiger partial charge in [-0.05, 0) is 44.4 Å². The maximum absolute atomic E-state index is 10.6. The zero-order valence-corrected chi connectivity index (χ0v) is 19.9. The zero-order valence-electron chi connectivity index (χ0n) is 18.2. The SMILES string of the molecule is CC(C)(C)C[C@H]1O[C@@H](n2cnc3c(N)nc(N)nc32)CC1OP(O)(=S)OC(C)(C)C. The summed E-state index contributed by atoms with van der Waals surface area (Å²) in [4.78, 5) is 23.2. The Bertz CT molecular complexity index is 970. The standard InChI is InChI=1S/C18H31N6O4PS/c1-17(2,3)8-11-10(27-29(25,30)28-18(4,5)6)7-12(26-11)24-9-21-13-14(19)22-16(20)23-15(13)24/h9-12H,7-8H2,1-6H3,(H,25,30)(H4,19,20,22,23)/t10?,11-,12-,29?/m1/s1. The number of rotatable bonds is 5. The van der Waals surface area contributed by atoms with Crippen LogP contribution in [-0.4, -0.2) is 42.2 Å². The fraction of sp³-hybridized carbons (Fsp3) is 0.722. The summed E-state index contributed by atoms with van der Waals surface area (Å²) in [6, 6.07) is 0. The topological polar surface area (TPSA) is 144 Å². The number of nitrogen functional groups attached to an aromatic ring is 2. The van der Waals surface area contributed by atoms with Crippen LogP contribution in [0.1, 0.15) is 60.6 Å². The molecule has 30 heavy (non-hydrogen) atoms. The van der Waals surface area contributed by atoms with E-state index in [2.05, 4.69) is 35.7 Å². The lowest BCUT2D eigenvalue weighted by molar-refractivity contribution is -0.0360. The molecular weight excluding hydrogens is 427 g/mol. The van der Waals surface area contributed by atoms with Crippen molar-refractivity contribution in [3.05, 3.63) is 6.33 Å². The molecule has 2 unspecified atom stereocenters. The molecule has 1 saturated heterocycles. The van der Waals surface area contributed by atoms with Crippen LogP contribution in [0.25, 0.3) is 11.2 Å². The summed E-state index contributed by atoms with van der Waals surface area (Å²) in [5.41, 5.74) is 12.0. The molecule has 1 aliphatic rings. The summed E-state index contributed by atoms with van der Waals surface area (Å²) in [6.45, 7) is 8.33. The molecule has 168 valence electrons. The van der Waals surface area contributed by atoms with Crippen LogP contribution in [0.4, 0.5) is 11.8 Å². The van der Waals surface area contributed by atoms with Gasteiger partial charge in [-0.25, -0.2) is 4.98 Å². The van der Waals surface area contributed by atoms with Gasteiger partial charge in [-0.15, -0.1) is 0 Å². The second-order valence-corrected chi connectivity index (χ2v) is 12.5. The first-order valence-corrected chi connectivity index (χ1v) is 12.4. The summed E-state index contributed by atoms with van der Waals surface area (Å²) < 4.78 is 19.6. The number of anilines is 2. The number of hydrogen-bond acceptors (Lipinski definition) is 9. The van der Waals surface area contributed by atoms with E-state index in [-0.39, 0.29) is 23.3 Å². The molecule has 2 aromatic heterocycles. The fourth-order valence-corrected chi connectivity index (χ4v) is 5.78. The monoisotopic (exact) mass is 458 g/mol. The van der Waals surface area contributed by atoms with Gasteiger partial charge in [0.1, 0.15) is 11.7 Å². The van der Waals surface area contributed by atoms with Gasteiger partial charge in [0.15, 0.2) is 11.5 Å². The zero-order chi connectivity index (χ0) is 22.5. The minimum Gasteiger partial charge on any atom is -0.382 e. The summed E-state index contributed by atoms with van der Waals surface area (Å²) in [5, 5.41) is 0. The van der Waals surface area contributed by atoms with Crippen molar-refractivity contribution < 1.29 is 18.7 Å². The van der Waals surface area contributed by atoms with Gasteiger partial charge in [0, 0.05) is 6.42 Å². The predicted octanol–water partition coefficient (Wildman–Crippen LogP) is 3.13. The Balaban J connectivity index is 1.89. The van der Waals surface area contributed by atoms with Gasteiger partial charge < -0.3 is 30.1 Å². The Kier molecular flexibility index (Phi) is 6.18. The van der Waals surface area contributed by atoms with E-state index in [4.69, 9.17) is 37.1 Å². The Labute approximate surface area is 181 Å². The highest BCUT2D eigenvalue weighted by Gasteiger charge is 2.43. The van der Waals surface area contributed by atoms with Crippen molar-refractivity contribution in [1.29, 1.82) is 0 Å². The van der Waals surface area contributed by atoms with Gasteiger partial charge in [0.25, 0.3) is 0 Å². The number of hydrogen-bond donors (Lipinski definition) is 3. The highest BCUT2D eigenvalue weighted by Crippen LogP contribution is 2.52. The number of ether oxygens (including phenoxy) is 1. The van der Waals surface area contributed by atoms with E-state index in [9.17, 15) is 4.89 Å². The molecule has 0 bridgehead atoms. The van der Waals surface area contributed by atoms with E-state index in [0.29, 0.717) is 24.0 Å². The van der Waals surface area contributed by atoms with Crippen molar-refractivity contribution in [2.75, 3.05) is 11.5 Å². The average molecular weight is 459 g/mol. The Morgan fingerprint density at radius 3 is 2.53 bits per heavy atom. The average Bonchev–Trinajstić information content (AvgIpc) is 3.07. The number of aromatic nitrogens is 4. The van der Waals surface area contributed by atoms with Crippen molar-refractivity contribution in [1.82, 2.24) is 19.5 Å². The smallest absolute Gasteiger partial charge is 0.325 e. The van der Waals surface area contributed by atoms with Crippen LogP contribution < -0.4 is 11.5 Å². The molecule has 10 nitrogen and oxygen atoms in total. The quantitative estimate of drug-likeness (QED) is 0.572. The molecule has 0 aromatic carbocycles. The highest BCUT2D eigenvalue weighted by atomic mass is 32.5. The van der Waals surface area contributed by atoms with Crippen LogP contribution in [0.15, 0.2) is 6.33 Å². The molecule has 1 fully saturated rings. The molecule has 4 atom stereocenters. The molecule has 1 aliphatic heterocycles. The first kappa shape index (κ1) is 23.3. The molecule has 2 aromatic rings. The number of fused-ring (bicyclic) bond motifs is 1. The van der Waals surface area contributed by atoms with Crippen LogP contribution in [0.5, 0.6) is 0 Å². The van der Waals surface area contributed by atoms with Crippen molar-refractivity contribution in [2.45, 2.75) is 78.4 Å². The van der Waals surface area contributed by atoms with Crippen molar-refractivity contribution >= 4 is 41.5 Å². The van der Waals surface area contributed by atoms with Crippen molar-refractivity contribution in [3.63, 3.8) is 0 Å². The number of nitrogens with two attached hydrogens (primary N) is 2. The molecule has 12 heteroatoms. The van der Waals surface area contributed by atoms with E-state index in [1.165, 1.54) is 0 Å². The number of imidazole rings is 1. The molecule has 0 spiro atoms. The molecule has 0 saturated carbocycles. The molecule has 0 radical (unpaired) electrons. The largest absolute Gasteiger partial charge is 0.382 e. The second-order valence-electron chi connectivity index (χ2n) is 9.74. The van der Waals surface area contributed by atoms with E-state index in [1.807, 2.05) is 20.8 Å². The highest BCUT2D eigenvalue weighted by molar-refractivity contribution is 8.07. The second kappa shape index (κ2) is 7.96. The minimum absolute atomic E-state index is 0.0297. The third-order valence-corrected chi connectivity index (χ3v) is 6.23. The van der Waals surface area contributed by atoms with E-state index in [1.54, 1.807) is 10.9 Å². The van der Waals surface area contributed by atoms with Crippen molar-refractivity contribution in [3.8, 4) is 0 Å². The Morgan fingerprint density at radius 1 is 1.27 bits per heavy atom. The van der Waals surface area contributed by atoms with Gasteiger partial charge in [-0.3, -0.25) is 4.57 Å². The molecule has 5 N–H and O–H groups in total. The minimum atomic E-state index is -3.47. The van der Waals surface area contributed by atoms with Crippen LogP contribution in [0.3, 0.4) is 0 Å². The van der Waals surface area contributed by atoms with E-state index < -0.39 is 24.7 Å². The van der Waals surface area contributed by atoms with Crippen LogP contribution in [-0.2, 0) is 25.6 Å². The van der Waals surface area contributed by atoms with Crippen molar-refractivity contribution in [2.24, 2.45) is 5.41 Å². The molecule has 3 rings (SSSR count). The summed E-state index contributed by atoms with van der Waals surface area (Å²) >= 11 is 5.27. The van der Waals surface area contributed by atoms with E-state index in [0.717, 1.165) is 0 Å². The van der Waals surface area contributed by atoms with Crippen LogP contribution >= 0.6 is 6.72 Å². The van der Waals surface area contributed by atoms with Gasteiger partial charge in [0.05, 0.1) is 24.1 Å². The first-order valence-electron chi connectivity index (χ1n) is 9.76. The van der Waals surface area contributed by atoms with Gasteiger partial charge in [-0.2, -0.15) is 9.97 Å². The van der Waals surface area contributed by atoms with Gasteiger partial charge in [-0.1, -0.05) is 20.8 Å². The van der Waals surface area contributed by atoms with E-state index >= 15 is 0 Å². The fourth-order valence-electron chi connectivity index (χ4n) is 3.47. The maximum Gasteiger partial charge on any atom is 0.325 e. The van der Waals surface area contributed by atoms with Gasteiger partial charge in [0.2, 0.25) is 5.95 Å². The van der Waals surface area contributed by atoms with Crippen LogP contribution in [0, 0.1) is 5.41 Å². The van der Waals surface area contributed by atoms with Gasteiger partial charge >= 0.3 is 6.72 Å². The Morgan fingerprint density at radius 2 is 1.93 bits per heavy atom. The summed E-state index contributed by atoms with van der Waals surface area (Å²) in [5.74, 6) is 0.265. The Hall–Kier alpha value is -1.36. The lowest BCUT2D eigenvalue weighted by atomic mass is 9.87. The third-order valence-electron chi connectivity index (χ3n) is 4.43. The third kappa shape index (κ3) is 5.66. The molecule has 3 heterocycles. The molecular formula is C18H31N6O4PS. The molecule has 0 amide bonds. The lowest BCUT2D eigenvalue weighted by Crippen LogP contribution is -2.29. The maximum atomic E-state index is 10.6. The summed E-state index contributed by atoms with van der Waals surface area (Å²) in [6.07, 6.45) is 1.53.